The lowest BCUT2D eigenvalue weighted by Crippen LogP contribution is -2.19. The van der Waals surface area contributed by atoms with Gasteiger partial charge >= 0.3 is 5.97 Å². The van der Waals surface area contributed by atoms with Crippen LogP contribution >= 0.6 is 22.6 Å². The van der Waals surface area contributed by atoms with Gasteiger partial charge in [-0.15, -0.1) is 0 Å². The van der Waals surface area contributed by atoms with Crippen molar-refractivity contribution in [2.45, 2.75) is 6.92 Å². The highest BCUT2D eigenvalue weighted by molar-refractivity contribution is 14.1. The first-order chi connectivity index (χ1) is 9.93. The molecule has 0 aliphatic carbocycles. The monoisotopic (exact) mass is 403 g/mol. The summed E-state index contributed by atoms with van der Waals surface area (Å²) in [6.07, 6.45) is 3.09. The fourth-order valence-corrected chi connectivity index (χ4v) is 2.48. The Balaban J connectivity index is 2.27. The van der Waals surface area contributed by atoms with E-state index < -0.39 is 11.9 Å². The van der Waals surface area contributed by atoms with Crippen LogP contribution in [0.4, 0.5) is 5.82 Å². The maximum atomic E-state index is 12.2. The van der Waals surface area contributed by atoms with Crippen LogP contribution in [-0.2, 0) is 18.8 Å². The predicted octanol–water partition coefficient (Wildman–Crippen LogP) is 1.19. The van der Waals surface area contributed by atoms with Gasteiger partial charge in [0.15, 0.2) is 5.69 Å². The Morgan fingerprint density at radius 1 is 1.43 bits per heavy atom. The fraction of sp³-hybridized carbons (Fsp3) is 0.333. The summed E-state index contributed by atoms with van der Waals surface area (Å²) in [6.45, 7) is 1.96. The summed E-state index contributed by atoms with van der Waals surface area (Å²) in [5.74, 6) is -0.661. The first-order valence-electron chi connectivity index (χ1n) is 6.13. The van der Waals surface area contributed by atoms with Crippen molar-refractivity contribution in [1.29, 1.82) is 0 Å². The Morgan fingerprint density at radius 3 is 2.71 bits per heavy atom. The first-order valence-corrected chi connectivity index (χ1v) is 7.21. The van der Waals surface area contributed by atoms with Crippen molar-refractivity contribution in [3.8, 4) is 0 Å². The lowest BCUT2D eigenvalue weighted by molar-refractivity contribution is 0.0527. The molecule has 2 aromatic rings. The van der Waals surface area contributed by atoms with Crippen molar-refractivity contribution in [1.82, 2.24) is 19.6 Å². The summed E-state index contributed by atoms with van der Waals surface area (Å²) >= 11 is 2.02. The Morgan fingerprint density at radius 2 is 2.14 bits per heavy atom. The van der Waals surface area contributed by atoms with Crippen molar-refractivity contribution < 1.29 is 14.3 Å². The molecule has 9 heteroatoms. The molecule has 2 rings (SSSR count). The van der Waals surface area contributed by atoms with Gasteiger partial charge in [0.05, 0.1) is 16.4 Å². The van der Waals surface area contributed by atoms with Gasteiger partial charge in [0, 0.05) is 20.3 Å². The van der Waals surface area contributed by atoms with Gasteiger partial charge in [0.1, 0.15) is 11.4 Å². The minimum absolute atomic E-state index is 0.207. The van der Waals surface area contributed by atoms with E-state index in [1.807, 2.05) is 22.6 Å². The zero-order valence-electron chi connectivity index (χ0n) is 11.8. The Labute approximate surface area is 134 Å². The van der Waals surface area contributed by atoms with Gasteiger partial charge in [-0.1, -0.05) is 0 Å². The van der Waals surface area contributed by atoms with Crippen molar-refractivity contribution in [2.24, 2.45) is 14.1 Å². The number of aryl methyl sites for hydroxylation is 2. The number of esters is 1. The molecular weight excluding hydrogens is 389 g/mol. The molecule has 0 aromatic carbocycles. The summed E-state index contributed by atoms with van der Waals surface area (Å²) in [4.78, 5) is 24.1. The zero-order valence-corrected chi connectivity index (χ0v) is 13.9. The van der Waals surface area contributed by atoms with Crippen LogP contribution < -0.4 is 5.32 Å². The molecule has 0 atom stereocenters. The molecule has 2 heterocycles. The molecule has 0 fully saturated rings. The van der Waals surface area contributed by atoms with Crippen LogP contribution in [0.5, 0.6) is 0 Å². The van der Waals surface area contributed by atoms with E-state index in [0.29, 0.717) is 3.57 Å². The zero-order chi connectivity index (χ0) is 15.6. The fourth-order valence-electron chi connectivity index (χ4n) is 1.72. The highest BCUT2D eigenvalue weighted by atomic mass is 127. The summed E-state index contributed by atoms with van der Waals surface area (Å²) in [5, 5.41) is 10.7. The quantitative estimate of drug-likeness (QED) is 0.612. The minimum Gasteiger partial charge on any atom is -0.462 e. The molecule has 8 nitrogen and oxygen atoms in total. The third-order valence-electron chi connectivity index (χ3n) is 2.67. The van der Waals surface area contributed by atoms with E-state index in [9.17, 15) is 9.59 Å². The summed E-state index contributed by atoms with van der Waals surface area (Å²) in [6, 6.07) is 0. The molecule has 0 aliphatic heterocycles. The molecule has 0 saturated heterocycles. The second kappa shape index (κ2) is 6.24. The number of anilines is 1. The SMILES string of the molecule is CCOC(=O)c1cnn(C)c1NC(=O)c1nn(C)cc1I. The standard InChI is InChI=1S/C12H14IN5O3/c1-4-21-12(20)7-5-14-18(3)10(7)15-11(19)9-8(13)6-17(2)16-9/h5-6H,4H2,1-3H3,(H,15,19). The molecule has 0 saturated carbocycles. The molecule has 0 radical (unpaired) electrons. The van der Waals surface area contributed by atoms with Crippen molar-refractivity contribution in [3.05, 3.63) is 27.2 Å². The summed E-state index contributed by atoms with van der Waals surface area (Å²) in [7, 11) is 3.36. The van der Waals surface area contributed by atoms with Gasteiger partial charge in [0.2, 0.25) is 0 Å². The van der Waals surface area contributed by atoms with Gasteiger partial charge in [-0.05, 0) is 29.5 Å². The predicted molar refractivity (Wildman–Crippen MR) is 83.0 cm³/mol. The van der Waals surface area contributed by atoms with Crippen molar-refractivity contribution in [2.75, 3.05) is 11.9 Å². The second-order valence-corrected chi connectivity index (χ2v) is 5.37. The van der Waals surface area contributed by atoms with Gasteiger partial charge < -0.3 is 10.1 Å². The average Bonchev–Trinajstić information content (AvgIpc) is 2.93. The lowest BCUT2D eigenvalue weighted by Gasteiger charge is -2.07. The van der Waals surface area contributed by atoms with E-state index in [-0.39, 0.29) is 23.7 Å². The van der Waals surface area contributed by atoms with Crippen LogP contribution in [0.3, 0.4) is 0 Å². The van der Waals surface area contributed by atoms with Gasteiger partial charge in [-0.2, -0.15) is 10.2 Å². The molecule has 2 aromatic heterocycles. The Bertz CT molecular complexity index is 691. The maximum Gasteiger partial charge on any atom is 0.343 e. The molecule has 112 valence electrons. The van der Waals surface area contributed by atoms with Crippen LogP contribution in [0, 0.1) is 3.57 Å². The van der Waals surface area contributed by atoms with Crippen molar-refractivity contribution >= 4 is 40.3 Å². The van der Waals surface area contributed by atoms with Gasteiger partial charge in [-0.25, -0.2) is 4.79 Å². The molecule has 1 amide bonds. The highest BCUT2D eigenvalue weighted by Gasteiger charge is 2.22. The van der Waals surface area contributed by atoms with Crippen molar-refractivity contribution in [3.63, 3.8) is 0 Å². The topological polar surface area (TPSA) is 91.0 Å². The number of hydrogen-bond acceptors (Lipinski definition) is 5. The molecule has 1 N–H and O–H groups in total. The number of halogens is 1. The number of carbonyl (C=O) groups excluding carboxylic acids is 2. The van der Waals surface area contributed by atoms with Crippen LogP contribution in [0.2, 0.25) is 0 Å². The first kappa shape index (κ1) is 15.5. The molecular formula is C12H14IN5O3. The van der Waals surface area contributed by atoms with Crippen LogP contribution in [-0.4, -0.2) is 38.0 Å². The third kappa shape index (κ3) is 3.23. The Hall–Kier alpha value is -1.91. The van der Waals surface area contributed by atoms with Crippen LogP contribution in [0.25, 0.3) is 0 Å². The van der Waals surface area contributed by atoms with E-state index in [1.165, 1.54) is 10.9 Å². The van der Waals surface area contributed by atoms with E-state index in [1.54, 1.807) is 31.9 Å². The normalized spacial score (nSPS) is 10.5. The second-order valence-electron chi connectivity index (χ2n) is 4.20. The molecule has 0 bridgehead atoms. The highest BCUT2D eigenvalue weighted by Crippen LogP contribution is 2.18. The third-order valence-corrected chi connectivity index (χ3v) is 3.45. The number of ether oxygens (including phenoxy) is 1. The maximum absolute atomic E-state index is 12.2. The molecule has 0 unspecified atom stereocenters. The number of amides is 1. The summed E-state index contributed by atoms with van der Waals surface area (Å²) in [5.41, 5.74) is 0.493. The molecule has 21 heavy (non-hydrogen) atoms. The van der Waals surface area contributed by atoms with Crippen LogP contribution in [0.15, 0.2) is 12.4 Å². The van der Waals surface area contributed by atoms with E-state index >= 15 is 0 Å². The van der Waals surface area contributed by atoms with Gasteiger partial charge in [-0.3, -0.25) is 14.2 Å². The average molecular weight is 403 g/mol. The van der Waals surface area contributed by atoms with Crippen LogP contribution in [0.1, 0.15) is 27.8 Å². The number of nitrogens with one attached hydrogen (secondary N) is 1. The summed E-state index contributed by atoms with van der Waals surface area (Å²) < 4.78 is 8.60. The minimum atomic E-state index is -0.531. The molecule has 0 spiro atoms. The largest absolute Gasteiger partial charge is 0.462 e. The van der Waals surface area contributed by atoms with E-state index in [4.69, 9.17) is 4.74 Å². The van der Waals surface area contributed by atoms with Gasteiger partial charge in [0.25, 0.3) is 5.91 Å². The van der Waals surface area contributed by atoms with E-state index in [2.05, 4.69) is 15.5 Å². The number of hydrogen-bond donors (Lipinski definition) is 1. The van der Waals surface area contributed by atoms with E-state index in [0.717, 1.165) is 0 Å². The number of aromatic nitrogens is 4. The number of nitrogens with zero attached hydrogens (tertiary/aromatic N) is 4. The lowest BCUT2D eigenvalue weighted by atomic mass is 10.3. The molecule has 0 aliphatic rings. The smallest absolute Gasteiger partial charge is 0.343 e. The number of rotatable bonds is 4. The Kier molecular flexibility index (Phi) is 4.60. The number of carbonyl (C=O) groups is 2.